The molecule has 0 aliphatic rings. The summed E-state index contributed by atoms with van der Waals surface area (Å²) < 4.78 is 1.81. The highest BCUT2D eigenvalue weighted by Crippen LogP contribution is 2.42. The maximum atomic E-state index is 7.03. The van der Waals surface area contributed by atoms with Crippen molar-refractivity contribution in [2.45, 2.75) is 0 Å². The monoisotopic (exact) mass is 728 g/mol. The highest BCUT2D eigenvalue weighted by molar-refractivity contribution is 6.72. The normalized spacial score (nSPS) is 11.5. The van der Waals surface area contributed by atoms with Crippen LogP contribution in [0.5, 0.6) is 0 Å². The average Bonchev–Trinajstić information content (AvgIpc) is 3.66. The number of hydrogen-bond donors (Lipinski definition) is 0. The molecule has 8 aromatic carbocycles. The zero-order valence-electron chi connectivity index (χ0n) is 32.2. The van der Waals surface area contributed by atoms with Gasteiger partial charge in [0.2, 0.25) is 0 Å². The number of rotatable bonds is 5. The van der Waals surface area contributed by atoms with Gasteiger partial charge >= 0.3 is 0 Å². The number of hydrogen-bond acceptors (Lipinski definition) is 1. The van der Waals surface area contributed by atoms with Crippen molar-refractivity contribution in [2.24, 2.45) is 0 Å². The first-order chi connectivity index (χ1) is 28.7. The lowest BCUT2D eigenvalue weighted by Crippen LogP contribution is -2.56. The van der Waals surface area contributed by atoms with E-state index in [9.17, 15) is 0 Å². The quantitative estimate of drug-likeness (QED) is 0.132. The van der Waals surface area contributed by atoms with Gasteiger partial charge in [-0.2, -0.15) is 0 Å². The molecule has 1 heterocycles. The Morgan fingerprint density at radius 3 is 1.23 bits per heavy atom. The van der Waals surface area contributed by atoms with Crippen molar-refractivity contribution in [3.05, 3.63) is 103 Å². The van der Waals surface area contributed by atoms with Crippen molar-refractivity contribution in [1.82, 2.24) is 9.55 Å². The highest BCUT2D eigenvalue weighted by atomic mass is 15.1. The molecule has 9 rings (SSSR count). The summed E-state index contributed by atoms with van der Waals surface area (Å²) in [7, 11) is 86.9. The van der Waals surface area contributed by atoms with Crippen molar-refractivity contribution >= 4 is 206 Å². The Bertz CT molecular complexity index is 3180. The molecule has 1 aromatic heterocycles. The maximum Gasteiger partial charge on any atom is 0.145 e. The van der Waals surface area contributed by atoms with Gasteiger partial charge in [0.05, 0.1) is 11.0 Å². The smallest absolute Gasteiger partial charge is 0.145 e. The molecule has 0 aliphatic carbocycles. The van der Waals surface area contributed by atoms with Gasteiger partial charge in [0.25, 0.3) is 0 Å². The van der Waals surface area contributed by atoms with E-state index in [4.69, 9.17) is 107 Å². The number of aromatic nitrogens is 2. The van der Waals surface area contributed by atoms with Gasteiger partial charge in [0.15, 0.2) is 0 Å². The molecule has 0 atom stereocenters. The third-order valence-corrected chi connectivity index (χ3v) is 11.5. The summed E-state index contributed by atoms with van der Waals surface area (Å²) >= 11 is 0. The molecule has 246 valence electrons. The van der Waals surface area contributed by atoms with Crippen LogP contribution in [0.2, 0.25) is 0 Å². The molecule has 0 spiro atoms. The number of fused-ring (bicyclic) bond motifs is 3. The summed E-state index contributed by atoms with van der Waals surface area (Å²) in [5.74, 6) is 0.455. The van der Waals surface area contributed by atoms with Gasteiger partial charge in [-0.3, -0.25) is 4.57 Å². The molecule has 15 heteroatoms. The lowest BCUT2D eigenvalue weighted by molar-refractivity contribution is 1.12. The number of para-hydroxylation sites is 2. The molecule has 0 unspecified atom stereocenters. The lowest BCUT2D eigenvalue weighted by atomic mass is 9.59. The molecule has 0 aliphatic heterocycles. The van der Waals surface area contributed by atoms with Crippen molar-refractivity contribution in [3.63, 3.8) is 0 Å². The summed E-state index contributed by atoms with van der Waals surface area (Å²) in [6.07, 6.45) is 0. The summed E-state index contributed by atoms with van der Waals surface area (Å²) in [5, 5.41) is 1.94. The van der Waals surface area contributed by atoms with Crippen LogP contribution in [0.3, 0.4) is 0 Å². The SMILES string of the molecule is [B]c1c([B])c([B])c(-n2c(-c3cccc(-c4c5c([B])c([B])c([B])c([B])c5c(-c5ccc(-c6ccccc6)cc5)c5c([B])c([B])c([B])c([B])c45)c3)nc3ccccc32)c([B])c1[B]. The van der Waals surface area contributed by atoms with Gasteiger partial charge < -0.3 is 0 Å². The molecular formula is C45H17B13N2. The van der Waals surface area contributed by atoms with Crippen LogP contribution >= 0.6 is 0 Å². The van der Waals surface area contributed by atoms with Crippen LogP contribution in [0.4, 0.5) is 0 Å². The van der Waals surface area contributed by atoms with Crippen molar-refractivity contribution in [1.29, 1.82) is 0 Å². The summed E-state index contributed by atoms with van der Waals surface area (Å²) in [6, 6.07) is 33.0. The Labute approximate surface area is 366 Å². The van der Waals surface area contributed by atoms with Crippen LogP contribution in [-0.4, -0.2) is 112 Å². The summed E-state index contributed by atoms with van der Waals surface area (Å²) in [6.45, 7) is 0. The van der Waals surface area contributed by atoms with E-state index in [0.29, 0.717) is 66.3 Å². The van der Waals surface area contributed by atoms with Crippen molar-refractivity contribution < 1.29 is 0 Å². The molecular weight excluding hydrogens is 709 g/mol. The first kappa shape index (κ1) is 40.0. The van der Waals surface area contributed by atoms with E-state index in [-0.39, 0.29) is 71.0 Å². The van der Waals surface area contributed by atoms with E-state index in [1.54, 1.807) is 4.57 Å². The Kier molecular flexibility index (Phi) is 9.97. The second-order valence-electron chi connectivity index (χ2n) is 14.8. The zero-order valence-corrected chi connectivity index (χ0v) is 32.2. The van der Waals surface area contributed by atoms with Crippen LogP contribution in [0, 0.1) is 0 Å². The van der Waals surface area contributed by atoms with Crippen LogP contribution in [0.1, 0.15) is 0 Å². The van der Waals surface area contributed by atoms with E-state index >= 15 is 0 Å². The fraction of sp³-hybridized carbons (Fsp3) is 0. The number of nitrogens with zero attached hydrogens (tertiary/aromatic N) is 2. The Hall–Kier alpha value is -5.41. The average molecular weight is 726 g/mol. The van der Waals surface area contributed by atoms with Gasteiger partial charge in [0, 0.05) is 11.3 Å². The Morgan fingerprint density at radius 1 is 0.317 bits per heavy atom. The first-order valence-electron chi connectivity index (χ1n) is 18.8. The molecule has 0 saturated heterocycles. The first-order valence-corrected chi connectivity index (χ1v) is 18.8. The molecule has 0 fully saturated rings. The van der Waals surface area contributed by atoms with Gasteiger partial charge in [-0.05, 0) is 73.1 Å². The fourth-order valence-corrected chi connectivity index (χ4v) is 8.32. The van der Waals surface area contributed by atoms with Crippen molar-refractivity contribution in [2.75, 3.05) is 0 Å². The minimum Gasteiger partial charge on any atom is -0.294 e. The standard InChI is InChI=1S/C45H17B13N2/c46-31-27-25(20-15-13-19(14-16-20)18-7-2-1-3-8-18)28-30(34(49)38(53)36(51)32(28)47)26(29(27)33(48)37(52)35(31)50)21-9-6-10-22(17-21)45-59-23-11-4-5-12-24(23)60(45)44-42(57)40(55)39(54)41(56)43(44)58/h1-17H. The third-order valence-electron chi connectivity index (χ3n) is 11.5. The van der Waals surface area contributed by atoms with Gasteiger partial charge in [-0.1, -0.05) is 118 Å². The van der Waals surface area contributed by atoms with Gasteiger partial charge in [-0.15, -0.1) is 38.2 Å². The molecule has 2 nitrogen and oxygen atoms in total. The molecule has 0 amide bonds. The third kappa shape index (κ3) is 5.93. The van der Waals surface area contributed by atoms with Crippen LogP contribution in [0.25, 0.3) is 83.0 Å². The van der Waals surface area contributed by atoms with E-state index in [1.165, 1.54) is 0 Å². The second kappa shape index (κ2) is 14.9. The van der Waals surface area contributed by atoms with Gasteiger partial charge in [0.1, 0.15) is 108 Å². The second-order valence-corrected chi connectivity index (χ2v) is 14.8. The lowest BCUT2D eigenvalue weighted by Gasteiger charge is -2.28. The Balaban J connectivity index is 1.41. The minimum absolute atomic E-state index is 0.0876. The summed E-state index contributed by atoms with van der Waals surface area (Å²) in [5.41, 5.74) is 8.50. The molecule has 9 aromatic rings. The predicted molar refractivity (Wildman–Crippen MR) is 268 cm³/mol. The zero-order chi connectivity index (χ0) is 42.5. The summed E-state index contributed by atoms with van der Waals surface area (Å²) in [4.78, 5) is 5.06. The van der Waals surface area contributed by atoms with E-state index in [2.05, 4.69) is 0 Å². The van der Waals surface area contributed by atoms with Crippen LogP contribution < -0.4 is 71.0 Å². The van der Waals surface area contributed by atoms with E-state index in [1.807, 2.05) is 103 Å². The molecule has 60 heavy (non-hydrogen) atoms. The molecule has 0 bridgehead atoms. The highest BCUT2D eigenvalue weighted by Gasteiger charge is 2.26. The molecule has 0 N–H and O–H groups in total. The van der Waals surface area contributed by atoms with E-state index < -0.39 is 0 Å². The van der Waals surface area contributed by atoms with E-state index in [0.717, 1.165) is 16.7 Å². The molecule has 0 saturated carbocycles. The predicted octanol–water partition coefficient (Wildman–Crippen LogP) is -3.68. The van der Waals surface area contributed by atoms with Crippen LogP contribution in [0.15, 0.2) is 103 Å². The van der Waals surface area contributed by atoms with Crippen molar-refractivity contribution in [3.8, 4) is 50.5 Å². The minimum atomic E-state index is 0.0876. The topological polar surface area (TPSA) is 17.8 Å². The fourth-order valence-electron chi connectivity index (χ4n) is 8.32. The number of benzene rings is 8. The van der Waals surface area contributed by atoms with Gasteiger partial charge in [-0.25, -0.2) is 4.98 Å². The maximum absolute atomic E-state index is 7.03. The van der Waals surface area contributed by atoms with Crippen LogP contribution in [-0.2, 0) is 0 Å². The number of imidazole rings is 1. The largest absolute Gasteiger partial charge is 0.294 e. The molecule has 26 radical (unpaired) electrons. The Morgan fingerprint density at radius 2 is 0.700 bits per heavy atom.